The van der Waals surface area contributed by atoms with Crippen molar-refractivity contribution < 1.29 is 14.7 Å². The zero-order chi connectivity index (χ0) is 15.2. The molecule has 0 saturated heterocycles. The Bertz CT molecular complexity index is 626. The van der Waals surface area contributed by atoms with Crippen molar-refractivity contribution in [1.29, 1.82) is 0 Å². The van der Waals surface area contributed by atoms with Crippen LogP contribution in [-0.4, -0.2) is 48.4 Å². The van der Waals surface area contributed by atoms with Gasteiger partial charge in [0.05, 0.1) is 18.4 Å². The molecule has 2 rings (SSSR count). The van der Waals surface area contributed by atoms with Gasteiger partial charge in [-0.05, 0) is 19.1 Å². The third kappa shape index (κ3) is 3.85. The highest BCUT2D eigenvalue weighted by Crippen LogP contribution is 2.06. The highest BCUT2D eigenvalue weighted by Gasteiger charge is 2.18. The molecule has 1 amide bonds. The van der Waals surface area contributed by atoms with Crippen LogP contribution in [-0.2, 0) is 17.9 Å². The largest absolute Gasteiger partial charge is 0.480 e. The predicted molar refractivity (Wildman–Crippen MR) is 72.3 cm³/mol. The van der Waals surface area contributed by atoms with Crippen molar-refractivity contribution in [2.24, 2.45) is 0 Å². The molecule has 0 aromatic carbocycles. The van der Waals surface area contributed by atoms with Gasteiger partial charge in [0.2, 0.25) is 0 Å². The number of aromatic nitrogens is 4. The van der Waals surface area contributed by atoms with Crippen LogP contribution in [0.3, 0.4) is 0 Å². The standard InChI is InChI=1S/C13H15N5O3/c1-2-17(7-10-5-3-4-6-14-10)13(21)11-8-18(16-15-11)9-12(19)20/h3-6,8H,2,7,9H2,1H3,(H,19,20). The van der Waals surface area contributed by atoms with Crippen LogP contribution in [0.25, 0.3) is 0 Å². The normalized spacial score (nSPS) is 10.3. The maximum absolute atomic E-state index is 12.3. The zero-order valence-corrected chi connectivity index (χ0v) is 11.5. The van der Waals surface area contributed by atoms with Gasteiger partial charge in [0, 0.05) is 12.7 Å². The van der Waals surface area contributed by atoms with Gasteiger partial charge in [0.15, 0.2) is 5.69 Å². The first kappa shape index (κ1) is 14.6. The van der Waals surface area contributed by atoms with E-state index < -0.39 is 5.97 Å². The molecule has 110 valence electrons. The Hall–Kier alpha value is -2.77. The second-order valence-corrected chi connectivity index (χ2v) is 4.34. The molecular formula is C13H15N5O3. The monoisotopic (exact) mass is 289 g/mol. The summed E-state index contributed by atoms with van der Waals surface area (Å²) < 4.78 is 1.12. The van der Waals surface area contributed by atoms with E-state index in [0.717, 1.165) is 10.4 Å². The van der Waals surface area contributed by atoms with Crippen molar-refractivity contribution in [2.45, 2.75) is 20.0 Å². The molecule has 0 radical (unpaired) electrons. The van der Waals surface area contributed by atoms with E-state index in [0.29, 0.717) is 13.1 Å². The first-order valence-corrected chi connectivity index (χ1v) is 6.41. The lowest BCUT2D eigenvalue weighted by Crippen LogP contribution is -2.31. The molecule has 8 nitrogen and oxygen atoms in total. The van der Waals surface area contributed by atoms with E-state index in [1.165, 1.54) is 6.20 Å². The third-order valence-electron chi connectivity index (χ3n) is 2.80. The quantitative estimate of drug-likeness (QED) is 0.827. The van der Waals surface area contributed by atoms with E-state index in [1.807, 2.05) is 19.1 Å². The molecule has 0 aliphatic heterocycles. The summed E-state index contributed by atoms with van der Waals surface area (Å²) >= 11 is 0. The molecule has 8 heteroatoms. The molecular weight excluding hydrogens is 274 g/mol. The summed E-state index contributed by atoms with van der Waals surface area (Å²) in [5.74, 6) is -1.35. The number of carboxylic acid groups (broad SMARTS) is 1. The summed E-state index contributed by atoms with van der Waals surface area (Å²) in [4.78, 5) is 28.6. The van der Waals surface area contributed by atoms with Crippen LogP contribution in [0, 0.1) is 0 Å². The van der Waals surface area contributed by atoms with Gasteiger partial charge in [-0.2, -0.15) is 0 Å². The molecule has 2 heterocycles. The maximum Gasteiger partial charge on any atom is 0.325 e. The molecule has 0 aliphatic rings. The average molecular weight is 289 g/mol. The van der Waals surface area contributed by atoms with Crippen molar-refractivity contribution in [3.8, 4) is 0 Å². The summed E-state index contributed by atoms with van der Waals surface area (Å²) in [6.45, 7) is 2.37. The second kappa shape index (κ2) is 6.60. The van der Waals surface area contributed by atoms with Crippen molar-refractivity contribution >= 4 is 11.9 Å². The lowest BCUT2D eigenvalue weighted by molar-refractivity contribution is -0.137. The van der Waals surface area contributed by atoms with Crippen LogP contribution in [0.5, 0.6) is 0 Å². The SMILES string of the molecule is CCN(Cc1ccccn1)C(=O)c1cn(CC(=O)O)nn1. The summed E-state index contributed by atoms with van der Waals surface area (Å²) in [5, 5.41) is 16.0. The van der Waals surface area contributed by atoms with E-state index in [1.54, 1.807) is 17.2 Å². The van der Waals surface area contributed by atoms with Crippen LogP contribution in [0.1, 0.15) is 23.1 Å². The van der Waals surface area contributed by atoms with Crippen LogP contribution in [0.15, 0.2) is 30.6 Å². The van der Waals surface area contributed by atoms with E-state index in [2.05, 4.69) is 15.3 Å². The minimum atomic E-state index is -1.04. The number of pyridine rings is 1. The molecule has 0 unspecified atom stereocenters. The summed E-state index contributed by atoms with van der Waals surface area (Å²) in [6.07, 6.45) is 2.99. The first-order valence-electron chi connectivity index (χ1n) is 6.41. The molecule has 1 N–H and O–H groups in total. The Balaban J connectivity index is 2.09. The molecule has 0 spiro atoms. The third-order valence-corrected chi connectivity index (χ3v) is 2.80. The lowest BCUT2D eigenvalue weighted by atomic mass is 10.3. The second-order valence-electron chi connectivity index (χ2n) is 4.34. The minimum absolute atomic E-state index is 0.119. The Morgan fingerprint density at radius 2 is 2.19 bits per heavy atom. The van der Waals surface area contributed by atoms with Gasteiger partial charge in [-0.15, -0.1) is 5.10 Å². The number of hydrogen-bond acceptors (Lipinski definition) is 5. The van der Waals surface area contributed by atoms with Gasteiger partial charge in [0.25, 0.3) is 5.91 Å². The number of carbonyl (C=O) groups is 2. The van der Waals surface area contributed by atoms with Crippen LogP contribution < -0.4 is 0 Å². The number of aliphatic carboxylic acids is 1. The predicted octanol–water partition coefficient (Wildman–Crippen LogP) is 0.420. The Morgan fingerprint density at radius 3 is 2.81 bits per heavy atom. The Kier molecular flexibility index (Phi) is 4.60. The Morgan fingerprint density at radius 1 is 1.38 bits per heavy atom. The van der Waals surface area contributed by atoms with Crippen molar-refractivity contribution in [1.82, 2.24) is 24.9 Å². The summed E-state index contributed by atoms with van der Waals surface area (Å²) in [6, 6.07) is 5.49. The minimum Gasteiger partial charge on any atom is -0.480 e. The number of hydrogen-bond donors (Lipinski definition) is 1. The molecule has 0 saturated carbocycles. The fourth-order valence-electron chi connectivity index (χ4n) is 1.79. The topological polar surface area (TPSA) is 101 Å². The van der Waals surface area contributed by atoms with Crippen LogP contribution >= 0.6 is 0 Å². The van der Waals surface area contributed by atoms with E-state index in [9.17, 15) is 9.59 Å². The molecule has 0 atom stereocenters. The van der Waals surface area contributed by atoms with Gasteiger partial charge in [0.1, 0.15) is 6.54 Å². The number of nitrogens with zero attached hydrogens (tertiary/aromatic N) is 5. The van der Waals surface area contributed by atoms with Crippen LogP contribution in [0.4, 0.5) is 0 Å². The van der Waals surface area contributed by atoms with Gasteiger partial charge in [-0.1, -0.05) is 11.3 Å². The maximum atomic E-state index is 12.3. The van der Waals surface area contributed by atoms with E-state index >= 15 is 0 Å². The first-order chi connectivity index (χ1) is 10.1. The van der Waals surface area contributed by atoms with Crippen molar-refractivity contribution in [2.75, 3.05) is 6.54 Å². The fraction of sp³-hybridized carbons (Fsp3) is 0.308. The van der Waals surface area contributed by atoms with Gasteiger partial charge < -0.3 is 10.0 Å². The van der Waals surface area contributed by atoms with Crippen molar-refractivity contribution in [3.05, 3.63) is 42.0 Å². The van der Waals surface area contributed by atoms with E-state index in [4.69, 9.17) is 5.11 Å². The average Bonchev–Trinajstić information content (AvgIpc) is 2.92. The smallest absolute Gasteiger partial charge is 0.325 e. The summed E-state index contributed by atoms with van der Waals surface area (Å²) in [5.41, 5.74) is 0.889. The van der Waals surface area contributed by atoms with Crippen molar-refractivity contribution in [3.63, 3.8) is 0 Å². The molecule has 21 heavy (non-hydrogen) atoms. The van der Waals surface area contributed by atoms with Gasteiger partial charge >= 0.3 is 5.97 Å². The lowest BCUT2D eigenvalue weighted by Gasteiger charge is -2.18. The molecule has 2 aromatic heterocycles. The summed E-state index contributed by atoms with van der Waals surface area (Å²) in [7, 11) is 0. The highest BCUT2D eigenvalue weighted by molar-refractivity contribution is 5.91. The van der Waals surface area contributed by atoms with E-state index in [-0.39, 0.29) is 18.1 Å². The number of amides is 1. The number of carboxylic acids is 1. The molecule has 0 fully saturated rings. The molecule has 0 bridgehead atoms. The Labute approximate surface area is 121 Å². The fourth-order valence-corrected chi connectivity index (χ4v) is 1.79. The van der Waals surface area contributed by atoms with Crippen LogP contribution in [0.2, 0.25) is 0 Å². The highest BCUT2D eigenvalue weighted by atomic mass is 16.4. The molecule has 0 aliphatic carbocycles. The zero-order valence-electron chi connectivity index (χ0n) is 11.5. The van der Waals surface area contributed by atoms with Gasteiger partial charge in [-0.3, -0.25) is 14.6 Å². The number of rotatable bonds is 6. The number of carbonyl (C=O) groups excluding carboxylic acids is 1. The van der Waals surface area contributed by atoms with Gasteiger partial charge in [-0.25, -0.2) is 4.68 Å². The molecule has 2 aromatic rings.